The third kappa shape index (κ3) is 4.13. The molecule has 4 rings (SSSR count). The van der Waals surface area contributed by atoms with Crippen LogP contribution >= 0.6 is 0 Å². The number of rotatable bonds is 5. The SMILES string of the molecule is FC(F)(F)c1ccc(CNc2ccc(CC3C=NC4N=CCC=C34)cn2)cc1. The van der Waals surface area contributed by atoms with Gasteiger partial charge in [0.05, 0.1) is 5.56 Å². The van der Waals surface area contributed by atoms with Crippen LogP contribution in [-0.4, -0.2) is 23.6 Å². The maximum atomic E-state index is 12.6. The minimum absolute atomic E-state index is 0.0450. The summed E-state index contributed by atoms with van der Waals surface area (Å²) in [4.78, 5) is 13.2. The molecule has 144 valence electrons. The second kappa shape index (κ2) is 7.58. The Kier molecular flexibility index (Phi) is 4.98. The van der Waals surface area contributed by atoms with Gasteiger partial charge in [0.1, 0.15) is 5.82 Å². The molecule has 3 heterocycles. The van der Waals surface area contributed by atoms with Gasteiger partial charge in [-0.25, -0.2) is 4.98 Å². The number of pyridine rings is 1. The van der Waals surface area contributed by atoms with Crippen LogP contribution in [0.4, 0.5) is 19.0 Å². The first-order valence-electron chi connectivity index (χ1n) is 9.09. The summed E-state index contributed by atoms with van der Waals surface area (Å²) in [6.45, 7) is 0.409. The van der Waals surface area contributed by atoms with Gasteiger partial charge in [0.15, 0.2) is 6.17 Å². The number of hydrogen-bond donors (Lipinski definition) is 1. The second-order valence-electron chi connectivity index (χ2n) is 6.85. The lowest BCUT2D eigenvalue weighted by Gasteiger charge is -2.15. The third-order valence-corrected chi connectivity index (χ3v) is 4.87. The quantitative estimate of drug-likeness (QED) is 0.761. The van der Waals surface area contributed by atoms with Crippen LogP contribution in [0.2, 0.25) is 0 Å². The number of halogens is 3. The second-order valence-corrected chi connectivity index (χ2v) is 6.85. The first-order valence-corrected chi connectivity index (χ1v) is 9.09. The summed E-state index contributed by atoms with van der Waals surface area (Å²) < 4.78 is 37.8. The number of benzene rings is 1. The molecule has 1 N–H and O–H groups in total. The first kappa shape index (κ1) is 18.4. The average Bonchev–Trinajstić information content (AvgIpc) is 3.10. The number of aromatic nitrogens is 1. The number of dihydropyridines is 1. The highest BCUT2D eigenvalue weighted by molar-refractivity contribution is 5.74. The molecule has 0 radical (unpaired) electrons. The Morgan fingerprint density at radius 1 is 1.00 bits per heavy atom. The molecule has 7 heteroatoms. The number of nitrogens with one attached hydrogen (secondary N) is 1. The van der Waals surface area contributed by atoms with Gasteiger partial charge in [-0.2, -0.15) is 13.2 Å². The lowest BCUT2D eigenvalue weighted by Crippen LogP contribution is -2.13. The van der Waals surface area contributed by atoms with E-state index < -0.39 is 11.7 Å². The molecular formula is C21H19F3N4. The average molecular weight is 384 g/mol. The lowest BCUT2D eigenvalue weighted by atomic mass is 9.92. The molecule has 0 aliphatic carbocycles. The molecule has 0 bridgehead atoms. The van der Waals surface area contributed by atoms with Gasteiger partial charge in [-0.05, 0) is 41.3 Å². The zero-order valence-corrected chi connectivity index (χ0v) is 15.0. The van der Waals surface area contributed by atoms with E-state index in [4.69, 9.17) is 0 Å². The molecule has 2 atom stereocenters. The van der Waals surface area contributed by atoms with Gasteiger partial charge in [0.25, 0.3) is 0 Å². The molecule has 2 aliphatic rings. The van der Waals surface area contributed by atoms with Gasteiger partial charge >= 0.3 is 6.18 Å². The standard InChI is InChI=1S/C21H19F3N4/c22-21(23,24)17-6-3-14(4-7-17)11-26-19-8-5-15(12-27-19)10-16-13-28-20-18(16)2-1-9-25-20/h2-9,12-13,16,20H,1,10-11H2,(H,26,27). The fraction of sp³-hybridized carbons (Fsp3) is 0.286. The van der Waals surface area contributed by atoms with Gasteiger partial charge < -0.3 is 5.32 Å². The molecule has 4 nitrogen and oxygen atoms in total. The number of allylic oxidation sites excluding steroid dienone is 1. The smallest absolute Gasteiger partial charge is 0.366 e. The van der Waals surface area contributed by atoms with Crippen LogP contribution in [0.5, 0.6) is 0 Å². The third-order valence-electron chi connectivity index (χ3n) is 4.87. The molecule has 1 aromatic carbocycles. The van der Waals surface area contributed by atoms with Crippen molar-refractivity contribution in [3.63, 3.8) is 0 Å². The number of hydrogen-bond acceptors (Lipinski definition) is 4. The van der Waals surface area contributed by atoms with E-state index in [1.54, 1.807) is 0 Å². The summed E-state index contributed by atoms with van der Waals surface area (Å²) in [5, 5.41) is 3.14. The van der Waals surface area contributed by atoms with Crippen LogP contribution in [0.1, 0.15) is 23.1 Å². The van der Waals surface area contributed by atoms with Crippen LogP contribution in [0, 0.1) is 5.92 Å². The number of fused-ring (bicyclic) bond motifs is 1. The van der Waals surface area contributed by atoms with Crippen LogP contribution in [0.15, 0.2) is 64.2 Å². The van der Waals surface area contributed by atoms with E-state index >= 15 is 0 Å². The zero-order chi connectivity index (χ0) is 19.6. The Labute approximate surface area is 160 Å². The monoisotopic (exact) mass is 384 g/mol. The van der Waals surface area contributed by atoms with Crippen molar-refractivity contribution in [2.45, 2.75) is 31.7 Å². The van der Waals surface area contributed by atoms with Crippen molar-refractivity contribution in [2.24, 2.45) is 15.9 Å². The van der Waals surface area contributed by atoms with Crippen molar-refractivity contribution in [3.05, 3.63) is 70.9 Å². The molecule has 1 aromatic heterocycles. The minimum atomic E-state index is -4.31. The van der Waals surface area contributed by atoms with Crippen LogP contribution in [0.3, 0.4) is 0 Å². The summed E-state index contributed by atoms with van der Waals surface area (Å²) in [5.41, 5.74) is 2.48. The number of nitrogens with zero attached hydrogens (tertiary/aromatic N) is 3. The van der Waals surface area contributed by atoms with Gasteiger partial charge in [-0.3, -0.25) is 9.98 Å². The number of anilines is 1. The van der Waals surface area contributed by atoms with Crippen LogP contribution in [-0.2, 0) is 19.1 Å². The van der Waals surface area contributed by atoms with E-state index in [9.17, 15) is 13.2 Å². The lowest BCUT2D eigenvalue weighted by molar-refractivity contribution is -0.137. The maximum absolute atomic E-state index is 12.6. The Morgan fingerprint density at radius 2 is 1.79 bits per heavy atom. The topological polar surface area (TPSA) is 49.6 Å². The van der Waals surface area contributed by atoms with E-state index in [2.05, 4.69) is 26.4 Å². The first-order chi connectivity index (χ1) is 13.5. The summed E-state index contributed by atoms with van der Waals surface area (Å²) >= 11 is 0. The Bertz CT molecular complexity index is 912. The molecule has 0 saturated carbocycles. The van der Waals surface area contributed by atoms with Gasteiger partial charge in [-0.15, -0.1) is 0 Å². The van der Waals surface area contributed by atoms with Gasteiger partial charge in [0, 0.05) is 37.5 Å². The van der Waals surface area contributed by atoms with Crippen molar-refractivity contribution in [3.8, 4) is 0 Å². The molecule has 0 saturated heterocycles. The van der Waals surface area contributed by atoms with E-state index in [1.807, 2.05) is 30.8 Å². The summed E-state index contributed by atoms with van der Waals surface area (Å²) in [6.07, 6.45) is 5.21. The predicted molar refractivity (Wildman–Crippen MR) is 104 cm³/mol. The molecule has 2 aromatic rings. The molecule has 28 heavy (non-hydrogen) atoms. The van der Waals surface area contributed by atoms with E-state index in [1.165, 1.54) is 17.7 Å². The van der Waals surface area contributed by atoms with Crippen LogP contribution in [0.25, 0.3) is 0 Å². The molecular weight excluding hydrogens is 365 g/mol. The van der Waals surface area contributed by atoms with Crippen molar-refractivity contribution in [1.29, 1.82) is 0 Å². The Hall–Kier alpha value is -2.96. The predicted octanol–water partition coefficient (Wildman–Crippen LogP) is 4.68. The molecule has 0 amide bonds. The zero-order valence-electron chi connectivity index (χ0n) is 15.0. The fourth-order valence-electron chi connectivity index (χ4n) is 3.36. The van der Waals surface area contributed by atoms with E-state index in [-0.39, 0.29) is 12.1 Å². The van der Waals surface area contributed by atoms with E-state index in [0.717, 1.165) is 36.1 Å². The fourth-order valence-corrected chi connectivity index (χ4v) is 3.36. The molecule has 2 unspecified atom stereocenters. The highest BCUT2D eigenvalue weighted by atomic mass is 19.4. The number of aliphatic imine (C=N–C) groups is 2. The Balaban J connectivity index is 1.32. The minimum Gasteiger partial charge on any atom is -0.366 e. The van der Waals surface area contributed by atoms with E-state index in [0.29, 0.717) is 12.4 Å². The summed E-state index contributed by atoms with van der Waals surface area (Å²) in [5.74, 6) is 0.943. The highest BCUT2D eigenvalue weighted by Crippen LogP contribution is 2.30. The molecule has 0 spiro atoms. The highest BCUT2D eigenvalue weighted by Gasteiger charge is 2.30. The van der Waals surface area contributed by atoms with Crippen LogP contribution < -0.4 is 5.32 Å². The van der Waals surface area contributed by atoms with Gasteiger partial charge in [0.2, 0.25) is 0 Å². The normalized spacial score (nSPS) is 20.8. The van der Waals surface area contributed by atoms with Crippen molar-refractivity contribution in [1.82, 2.24) is 4.98 Å². The molecule has 0 fully saturated rings. The largest absolute Gasteiger partial charge is 0.416 e. The van der Waals surface area contributed by atoms with Crippen molar-refractivity contribution < 1.29 is 13.2 Å². The number of alkyl halides is 3. The molecule has 2 aliphatic heterocycles. The Morgan fingerprint density at radius 3 is 2.50 bits per heavy atom. The van der Waals surface area contributed by atoms with Crippen molar-refractivity contribution in [2.75, 3.05) is 5.32 Å². The summed E-state index contributed by atoms with van der Waals surface area (Å²) in [7, 11) is 0. The van der Waals surface area contributed by atoms with Crippen molar-refractivity contribution >= 4 is 18.2 Å². The van der Waals surface area contributed by atoms with Gasteiger partial charge in [-0.1, -0.05) is 24.3 Å². The maximum Gasteiger partial charge on any atom is 0.416 e. The summed E-state index contributed by atoms with van der Waals surface area (Å²) in [6, 6.07) is 9.02.